The van der Waals surface area contributed by atoms with Gasteiger partial charge in [-0.15, -0.1) is 10.2 Å². The SMILES string of the molecule is COc1ccc(F)c(CNc2ccc(-c3ccc(S(C)(=O)=O)cc3)c3nncn23)c1. The number of nitrogens with one attached hydrogen (secondary N) is 1. The smallest absolute Gasteiger partial charge is 0.175 e. The van der Waals surface area contributed by atoms with E-state index in [0.717, 1.165) is 11.1 Å². The molecule has 4 rings (SSSR count). The predicted octanol–water partition coefficient (Wildman–Crippen LogP) is 3.56. The fourth-order valence-electron chi connectivity index (χ4n) is 3.16. The molecule has 9 heteroatoms. The van der Waals surface area contributed by atoms with Gasteiger partial charge in [0.2, 0.25) is 0 Å². The number of ether oxygens (including phenoxy) is 1. The second-order valence-electron chi connectivity index (χ2n) is 6.76. The number of halogens is 1. The quantitative estimate of drug-likeness (QED) is 0.507. The molecular formula is C21H19FN4O3S. The highest BCUT2D eigenvalue weighted by Gasteiger charge is 2.12. The maximum Gasteiger partial charge on any atom is 0.175 e. The number of anilines is 1. The number of fused-ring (bicyclic) bond motifs is 1. The number of benzene rings is 2. The number of aromatic nitrogens is 3. The summed E-state index contributed by atoms with van der Waals surface area (Å²) < 4.78 is 44.4. The van der Waals surface area contributed by atoms with Crippen LogP contribution >= 0.6 is 0 Å². The van der Waals surface area contributed by atoms with Gasteiger partial charge in [0, 0.05) is 23.9 Å². The van der Waals surface area contributed by atoms with Crippen LogP contribution in [0.1, 0.15) is 5.56 Å². The Hall–Kier alpha value is -3.46. The summed E-state index contributed by atoms with van der Waals surface area (Å²) >= 11 is 0. The van der Waals surface area contributed by atoms with Crippen LogP contribution in [0.2, 0.25) is 0 Å². The van der Waals surface area contributed by atoms with Crippen molar-refractivity contribution in [1.29, 1.82) is 0 Å². The summed E-state index contributed by atoms with van der Waals surface area (Å²) in [5.74, 6) is 0.940. The fourth-order valence-corrected chi connectivity index (χ4v) is 3.79. The maximum atomic E-state index is 14.1. The molecule has 154 valence electrons. The Labute approximate surface area is 173 Å². The number of rotatable bonds is 6. The molecule has 7 nitrogen and oxygen atoms in total. The first-order valence-electron chi connectivity index (χ1n) is 9.06. The summed E-state index contributed by atoms with van der Waals surface area (Å²) in [4.78, 5) is 0.252. The van der Waals surface area contributed by atoms with Gasteiger partial charge in [-0.2, -0.15) is 0 Å². The van der Waals surface area contributed by atoms with Gasteiger partial charge in [-0.25, -0.2) is 12.8 Å². The second kappa shape index (κ2) is 7.75. The molecule has 0 atom stereocenters. The maximum absolute atomic E-state index is 14.1. The van der Waals surface area contributed by atoms with Crippen LogP contribution in [-0.4, -0.2) is 36.4 Å². The van der Waals surface area contributed by atoms with Gasteiger partial charge < -0.3 is 10.1 Å². The molecule has 0 saturated heterocycles. The van der Waals surface area contributed by atoms with E-state index >= 15 is 0 Å². The molecule has 0 radical (unpaired) electrons. The molecule has 0 aliphatic heterocycles. The van der Waals surface area contributed by atoms with E-state index in [2.05, 4.69) is 15.5 Å². The predicted molar refractivity (Wildman–Crippen MR) is 112 cm³/mol. The summed E-state index contributed by atoms with van der Waals surface area (Å²) in [7, 11) is -1.73. The highest BCUT2D eigenvalue weighted by atomic mass is 32.2. The summed E-state index contributed by atoms with van der Waals surface area (Å²) in [5, 5.41) is 11.4. The Bertz CT molecular complexity index is 1320. The van der Waals surface area contributed by atoms with Gasteiger partial charge in [0.15, 0.2) is 15.5 Å². The molecule has 0 amide bonds. The van der Waals surface area contributed by atoms with Crippen LogP contribution in [0.25, 0.3) is 16.8 Å². The minimum absolute atomic E-state index is 0.249. The number of hydrogen-bond acceptors (Lipinski definition) is 6. The number of hydrogen-bond donors (Lipinski definition) is 1. The molecule has 1 N–H and O–H groups in total. The van der Waals surface area contributed by atoms with Gasteiger partial charge >= 0.3 is 0 Å². The van der Waals surface area contributed by atoms with Crippen LogP contribution in [0.15, 0.2) is 65.8 Å². The van der Waals surface area contributed by atoms with E-state index < -0.39 is 9.84 Å². The van der Waals surface area contributed by atoms with Gasteiger partial charge in [-0.1, -0.05) is 12.1 Å². The molecule has 0 saturated carbocycles. The van der Waals surface area contributed by atoms with Crippen molar-refractivity contribution >= 4 is 21.3 Å². The molecular weight excluding hydrogens is 407 g/mol. The van der Waals surface area contributed by atoms with Crippen molar-refractivity contribution in [2.75, 3.05) is 18.7 Å². The third kappa shape index (κ3) is 3.84. The van der Waals surface area contributed by atoms with E-state index in [1.54, 1.807) is 47.1 Å². The molecule has 2 heterocycles. The van der Waals surface area contributed by atoms with Crippen LogP contribution < -0.4 is 10.1 Å². The third-order valence-corrected chi connectivity index (χ3v) is 5.89. The molecule has 0 unspecified atom stereocenters. The van der Waals surface area contributed by atoms with E-state index in [4.69, 9.17) is 4.74 Å². The number of methoxy groups -OCH3 is 1. The zero-order valence-corrected chi connectivity index (χ0v) is 17.1. The Morgan fingerprint density at radius 3 is 2.57 bits per heavy atom. The summed E-state index contributed by atoms with van der Waals surface area (Å²) in [6, 6.07) is 14.9. The van der Waals surface area contributed by atoms with Crippen LogP contribution in [0.3, 0.4) is 0 Å². The van der Waals surface area contributed by atoms with Crippen molar-refractivity contribution in [3.8, 4) is 16.9 Å². The second-order valence-corrected chi connectivity index (χ2v) is 8.78. The lowest BCUT2D eigenvalue weighted by Crippen LogP contribution is -2.06. The molecule has 30 heavy (non-hydrogen) atoms. The van der Waals surface area contributed by atoms with E-state index in [1.165, 1.54) is 19.4 Å². The minimum atomic E-state index is -3.27. The molecule has 0 fully saturated rings. The van der Waals surface area contributed by atoms with Crippen molar-refractivity contribution in [1.82, 2.24) is 14.6 Å². The summed E-state index contributed by atoms with van der Waals surface area (Å²) in [6.07, 6.45) is 2.73. The number of pyridine rings is 1. The lowest BCUT2D eigenvalue weighted by molar-refractivity contribution is 0.413. The van der Waals surface area contributed by atoms with Crippen molar-refractivity contribution in [3.63, 3.8) is 0 Å². The highest BCUT2D eigenvalue weighted by molar-refractivity contribution is 7.90. The largest absolute Gasteiger partial charge is 0.497 e. The van der Waals surface area contributed by atoms with E-state index in [0.29, 0.717) is 22.8 Å². The summed E-state index contributed by atoms with van der Waals surface area (Å²) in [5.41, 5.74) is 2.67. The lowest BCUT2D eigenvalue weighted by atomic mass is 10.1. The van der Waals surface area contributed by atoms with Gasteiger partial charge in [-0.3, -0.25) is 4.40 Å². The molecule has 0 aliphatic carbocycles. The van der Waals surface area contributed by atoms with Gasteiger partial charge in [0.05, 0.1) is 12.0 Å². The first kappa shape index (κ1) is 19.8. The zero-order chi connectivity index (χ0) is 21.3. The Balaban J connectivity index is 1.65. The van der Waals surface area contributed by atoms with E-state index in [-0.39, 0.29) is 17.3 Å². The Kier molecular flexibility index (Phi) is 5.13. The number of nitrogens with zero attached hydrogens (tertiary/aromatic N) is 3. The zero-order valence-electron chi connectivity index (χ0n) is 16.3. The molecule has 0 bridgehead atoms. The van der Waals surface area contributed by atoms with Gasteiger partial charge in [0.1, 0.15) is 23.7 Å². The molecule has 2 aromatic carbocycles. The average molecular weight is 426 g/mol. The molecule has 2 aromatic heterocycles. The van der Waals surface area contributed by atoms with Crippen molar-refractivity contribution in [3.05, 3.63) is 72.3 Å². The standard InChI is InChI=1S/C21H19FN4O3S/c1-29-16-5-9-19(22)15(11-16)12-23-20-10-8-18(21-25-24-13-26(20)21)14-3-6-17(7-4-14)30(2,27)28/h3-11,13,23H,12H2,1-2H3. The third-order valence-electron chi connectivity index (χ3n) is 4.76. The van der Waals surface area contributed by atoms with E-state index in [1.807, 2.05) is 12.1 Å². The Morgan fingerprint density at radius 2 is 1.87 bits per heavy atom. The monoisotopic (exact) mass is 426 g/mol. The fraction of sp³-hybridized carbons (Fsp3) is 0.143. The normalized spacial score (nSPS) is 11.6. The first-order valence-corrected chi connectivity index (χ1v) is 11.0. The van der Waals surface area contributed by atoms with Crippen molar-refractivity contribution in [2.45, 2.75) is 11.4 Å². The van der Waals surface area contributed by atoms with Gasteiger partial charge in [0.25, 0.3) is 0 Å². The Morgan fingerprint density at radius 1 is 1.10 bits per heavy atom. The van der Waals surface area contributed by atoms with Crippen LogP contribution in [0, 0.1) is 5.82 Å². The molecule has 4 aromatic rings. The van der Waals surface area contributed by atoms with Crippen molar-refractivity contribution in [2.24, 2.45) is 0 Å². The molecule has 0 aliphatic rings. The van der Waals surface area contributed by atoms with Gasteiger partial charge in [-0.05, 0) is 48.0 Å². The first-order chi connectivity index (χ1) is 14.4. The lowest BCUT2D eigenvalue weighted by Gasteiger charge is -2.12. The topological polar surface area (TPSA) is 85.6 Å². The van der Waals surface area contributed by atoms with Crippen molar-refractivity contribution < 1.29 is 17.5 Å². The average Bonchev–Trinajstić information content (AvgIpc) is 3.23. The van der Waals surface area contributed by atoms with E-state index in [9.17, 15) is 12.8 Å². The minimum Gasteiger partial charge on any atom is -0.497 e. The molecule has 0 spiro atoms. The highest BCUT2D eigenvalue weighted by Crippen LogP contribution is 2.27. The van der Waals surface area contributed by atoms with Crippen LogP contribution in [0.4, 0.5) is 10.2 Å². The van der Waals surface area contributed by atoms with Crippen LogP contribution in [0.5, 0.6) is 5.75 Å². The van der Waals surface area contributed by atoms with Crippen LogP contribution in [-0.2, 0) is 16.4 Å². The number of sulfone groups is 1. The summed E-state index contributed by atoms with van der Waals surface area (Å²) in [6.45, 7) is 0.249.